The third-order valence-corrected chi connectivity index (χ3v) is 7.16. The molecule has 166 valence electrons. The van der Waals surface area contributed by atoms with Crippen molar-refractivity contribution in [2.45, 2.75) is 24.8 Å². The maximum Gasteiger partial charge on any atom is 0.267 e. The van der Waals surface area contributed by atoms with Crippen LogP contribution in [0.25, 0.3) is 0 Å². The Bertz CT molecular complexity index is 1300. The molecule has 0 radical (unpaired) electrons. The number of rotatable bonds is 4. The molecule has 1 aliphatic heterocycles. The molecule has 1 aliphatic rings. The average Bonchev–Trinajstić information content (AvgIpc) is 2.75. The number of nitrogens with one attached hydrogen (secondary N) is 1. The minimum atomic E-state index is -3.96. The molecular weight excluding hydrogens is 455 g/mol. The van der Waals surface area contributed by atoms with Gasteiger partial charge < -0.3 is 10.1 Å². The first-order valence-electron chi connectivity index (χ1n) is 9.78. The molecule has 0 bridgehead atoms. The van der Waals surface area contributed by atoms with Gasteiger partial charge in [-0.3, -0.25) is 9.10 Å². The lowest BCUT2D eigenvalue weighted by Gasteiger charge is -2.35. The van der Waals surface area contributed by atoms with Gasteiger partial charge in [-0.25, -0.2) is 12.8 Å². The number of hydrogen-bond acceptors (Lipinski definition) is 4. The van der Waals surface area contributed by atoms with Crippen LogP contribution in [-0.4, -0.2) is 27.0 Å². The number of amides is 1. The third kappa shape index (κ3) is 4.28. The van der Waals surface area contributed by atoms with Crippen LogP contribution in [0, 0.1) is 19.7 Å². The number of halogens is 2. The number of carbonyl (C=O) groups is 1. The second-order valence-electron chi connectivity index (χ2n) is 7.55. The van der Waals surface area contributed by atoms with Crippen molar-refractivity contribution >= 4 is 38.9 Å². The Morgan fingerprint density at radius 1 is 1.06 bits per heavy atom. The van der Waals surface area contributed by atoms with E-state index in [2.05, 4.69) is 5.32 Å². The van der Waals surface area contributed by atoms with Crippen LogP contribution in [0.3, 0.4) is 0 Å². The number of hydrogen-bond donors (Lipinski definition) is 1. The average molecular weight is 475 g/mol. The van der Waals surface area contributed by atoms with Gasteiger partial charge in [-0.05, 0) is 61.9 Å². The van der Waals surface area contributed by atoms with E-state index in [4.69, 9.17) is 16.3 Å². The van der Waals surface area contributed by atoms with Gasteiger partial charge in [0.2, 0.25) is 0 Å². The molecule has 1 N–H and O–H groups in total. The van der Waals surface area contributed by atoms with Crippen molar-refractivity contribution in [3.05, 3.63) is 82.6 Å². The summed E-state index contributed by atoms with van der Waals surface area (Å²) in [5.41, 5.74) is 2.41. The zero-order chi connectivity index (χ0) is 23.0. The second kappa shape index (κ2) is 8.44. The second-order valence-corrected chi connectivity index (χ2v) is 9.81. The van der Waals surface area contributed by atoms with Gasteiger partial charge in [0.25, 0.3) is 15.9 Å². The summed E-state index contributed by atoms with van der Waals surface area (Å²) in [5.74, 6) is -0.920. The SMILES string of the molecule is Cc1ccc(S(=O)(=O)N2C[C@H](C(=O)Nc3ccc(F)c(Cl)c3)Oc3ccc(C)cc32)cc1. The standard InChI is InChI=1S/C23H20ClFN2O4S/c1-14-3-7-17(8-4-14)32(29,30)27-13-22(31-21-10-5-15(2)11-20(21)27)23(28)26-16-6-9-19(25)18(24)12-16/h3-12,22H,13H2,1-2H3,(H,26,28)/t22-/m1/s1. The van der Waals surface area contributed by atoms with Crippen LogP contribution in [0.5, 0.6) is 5.75 Å². The number of nitrogens with zero attached hydrogens (tertiary/aromatic N) is 1. The molecule has 6 nitrogen and oxygen atoms in total. The Kier molecular flexibility index (Phi) is 5.83. The van der Waals surface area contributed by atoms with Gasteiger partial charge in [-0.1, -0.05) is 35.4 Å². The Morgan fingerprint density at radius 2 is 1.75 bits per heavy atom. The Hall–Kier alpha value is -3.10. The van der Waals surface area contributed by atoms with Crippen molar-refractivity contribution in [2.24, 2.45) is 0 Å². The van der Waals surface area contributed by atoms with Crippen molar-refractivity contribution < 1.29 is 22.3 Å². The summed E-state index contributed by atoms with van der Waals surface area (Å²) in [6, 6.07) is 15.4. The zero-order valence-corrected chi connectivity index (χ0v) is 18.9. The van der Waals surface area contributed by atoms with E-state index in [0.717, 1.165) is 17.2 Å². The topological polar surface area (TPSA) is 75.7 Å². The molecule has 0 unspecified atom stereocenters. The Balaban J connectivity index is 1.69. The van der Waals surface area contributed by atoms with Crippen molar-refractivity contribution in [1.82, 2.24) is 0 Å². The normalized spacial score (nSPS) is 15.6. The van der Waals surface area contributed by atoms with Crippen LogP contribution in [0.4, 0.5) is 15.8 Å². The van der Waals surface area contributed by atoms with E-state index in [0.29, 0.717) is 5.69 Å². The Morgan fingerprint density at radius 3 is 2.44 bits per heavy atom. The molecule has 1 amide bonds. The van der Waals surface area contributed by atoms with Gasteiger partial charge in [0, 0.05) is 5.69 Å². The lowest BCUT2D eigenvalue weighted by atomic mass is 10.1. The third-order valence-electron chi connectivity index (χ3n) is 5.07. The minimum Gasteiger partial charge on any atom is -0.476 e. The van der Waals surface area contributed by atoms with Gasteiger partial charge in [-0.2, -0.15) is 0 Å². The van der Waals surface area contributed by atoms with Crippen molar-refractivity contribution in [3.63, 3.8) is 0 Å². The predicted octanol–water partition coefficient (Wildman–Crippen LogP) is 4.69. The fourth-order valence-electron chi connectivity index (χ4n) is 3.36. The highest BCUT2D eigenvalue weighted by Gasteiger charge is 2.37. The highest BCUT2D eigenvalue weighted by Crippen LogP contribution is 2.38. The number of benzene rings is 3. The van der Waals surface area contributed by atoms with Gasteiger partial charge in [0.1, 0.15) is 11.6 Å². The number of aryl methyl sites for hydroxylation is 2. The first-order chi connectivity index (χ1) is 15.1. The van der Waals surface area contributed by atoms with E-state index in [-0.39, 0.29) is 27.9 Å². The van der Waals surface area contributed by atoms with Gasteiger partial charge in [-0.15, -0.1) is 0 Å². The van der Waals surface area contributed by atoms with Crippen molar-refractivity contribution in [2.75, 3.05) is 16.2 Å². The first kappa shape index (κ1) is 22.1. The summed E-state index contributed by atoms with van der Waals surface area (Å²) in [7, 11) is -3.96. The number of fused-ring (bicyclic) bond motifs is 1. The molecular formula is C23H20ClFN2O4S. The van der Waals surface area contributed by atoms with Crippen LogP contribution in [0.15, 0.2) is 65.6 Å². The van der Waals surface area contributed by atoms with Gasteiger partial charge in [0.05, 0.1) is 22.2 Å². The molecule has 0 spiro atoms. The number of anilines is 2. The summed E-state index contributed by atoms with van der Waals surface area (Å²) in [4.78, 5) is 13.0. The summed E-state index contributed by atoms with van der Waals surface area (Å²) in [6.45, 7) is 3.48. The molecule has 4 rings (SSSR count). The van der Waals surface area contributed by atoms with E-state index in [9.17, 15) is 17.6 Å². The molecule has 3 aromatic carbocycles. The van der Waals surface area contributed by atoms with Crippen LogP contribution >= 0.6 is 11.6 Å². The van der Waals surface area contributed by atoms with Crippen LogP contribution < -0.4 is 14.4 Å². The maximum absolute atomic E-state index is 13.5. The monoisotopic (exact) mass is 474 g/mol. The van der Waals surface area contributed by atoms with E-state index >= 15 is 0 Å². The quantitative estimate of drug-likeness (QED) is 0.595. The van der Waals surface area contributed by atoms with Crippen molar-refractivity contribution in [3.8, 4) is 5.75 Å². The molecule has 1 atom stereocenters. The maximum atomic E-state index is 13.5. The number of ether oxygens (including phenoxy) is 1. The lowest BCUT2D eigenvalue weighted by molar-refractivity contribution is -0.122. The molecule has 0 aromatic heterocycles. The fraction of sp³-hybridized carbons (Fsp3) is 0.174. The summed E-state index contributed by atoms with van der Waals surface area (Å²) in [6.07, 6.45) is -1.13. The van der Waals surface area contributed by atoms with E-state index in [1.54, 1.807) is 30.3 Å². The van der Waals surface area contributed by atoms with Crippen molar-refractivity contribution in [1.29, 1.82) is 0 Å². The van der Waals surface area contributed by atoms with E-state index in [1.165, 1.54) is 28.6 Å². The first-order valence-corrected chi connectivity index (χ1v) is 11.6. The lowest BCUT2D eigenvalue weighted by Crippen LogP contribution is -2.48. The van der Waals surface area contributed by atoms with Gasteiger partial charge in [0.15, 0.2) is 6.10 Å². The molecule has 1 heterocycles. The van der Waals surface area contributed by atoms with Crippen LogP contribution in [-0.2, 0) is 14.8 Å². The molecule has 9 heteroatoms. The smallest absolute Gasteiger partial charge is 0.267 e. The molecule has 0 fully saturated rings. The summed E-state index contributed by atoms with van der Waals surface area (Å²) in [5, 5.41) is 2.46. The van der Waals surface area contributed by atoms with Gasteiger partial charge >= 0.3 is 0 Å². The fourth-order valence-corrected chi connectivity index (χ4v) is 5.01. The molecule has 0 saturated carbocycles. The van der Waals surface area contributed by atoms with E-state index in [1.807, 2.05) is 13.8 Å². The highest BCUT2D eigenvalue weighted by molar-refractivity contribution is 7.92. The summed E-state index contributed by atoms with van der Waals surface area (Å²) < 4.78 is 47.4. The highest BCUT2D eigenvalue weighted by atomic mass is 35.5. The largest absolute Gasteiger partial charge is 0.476 e. The molecule has 3 aromatic rings. The predicted molar refractivity (Wildman–Crippen MR) is 121 cm³/mol. The van der Waals surface area contributed by atoms with E-state index < -0.39 is 27.9 Å². The zero-order valence-electron chi connectivity index (χ0n) is 17.3. The summed E-state index contributed by atoms with van der Waals surface area (Å²) >= 11 is 5.78. The molecule has 0 saturated heterocycles. The number of carbonyl (C=O) groups excluding carboxylic acids is 1. The minimum absolute atomic E-state index is 0.113. The molecule has 0 aliphatic carbocycles. The van der Waals surface area contributed by atoms with Crippen LogP contribution in [0.1, 0.15) is 11.1 Å². The molecule has 32 heavy (non-hydrogen) atoms. The Labute approximate surface area is 190 Å². The van der Waals surface area contributed by atoms with Crippen LogP contribution in [0.2, 0.25) is 5.02 Å². The number of sulfonamides is 1.